The Hall–Kier alpha value is -1.87. The van der Waals surface area contributed by atoms with Crippen molar-refractivity contribution in [3.63, 3.8) is 0 Å². The van der Waals surface area contributed by atoms with Crippen LogP contribution >= 0.6 is 0 Å². The van der Waals surface area contributed by atoms with Crippen LogP contribution in [0.15, 0.2) is 42.5 Å². The van der Waals surface area contributed by atoms with E-state index in [1.807, 2.05) is 37.3 Å². The number of hydrogen-bond donors (Lipinski definition) is 1. The van der Waals surface area contributed by atoms with Gasteiger partial charge in [-0.15, -0.1) is 0 Å². The SMILES string of the molecule is Cc1cc(F)cc(C(O)C2COc3ccccc32)c1. The zero-order chi connectivity index (χ0) is 13.4. The third-order valence-electron chi connectivity index (χ3n) is 3.52. The highest BCUT2D eigenvalue weighted by molar-refractivity contribution is 5.42. The van der Waals surface area contributed by atoms with Gasteiger partial charge in [0.15, 0.2) is 0 Å². The van der Waals surface area contributed by atoms with Crippen LogP contribution in [0.1, 0.15) is 28.7 Å². The summed E-state index contributed by atoms with van der Waals surface area (Å²) in [6.07, 6.45) is -0.752. The Labute approximate surface area is 111 Å². The minimum absolute atomic E-state index is 0.141. The van der Waals surface area contributed by atoms with Gasteiger partial charge in [-0.1, -0.05) is 24.3 Å². The number of rotatable bonds is 2. The van der Waals surface area contributed by atoms with Crippen molar-refractivity contribution in [3.05, 3.63) is 65.0 Å². The standard InChI is InChI=1S/C16H15FO2/c1-10-6-11(8-12(17)7-10)16(18)14-9-19-15-5-3-2-4-13(14)15/h2-8,14,16,18H,9H2,1H3. The molecule has 0 fully saturated rings. The van der Waals surface area contributed by atoms with Crippen molar-refractivity contribution in [1.82, 2.24) is 0 Å². The average Bonchev–Trinajstić information content (AvgIpc) is 2.80. The fraction of sp³-hybridized carbons (Fsp3) is 0.250. The molecule has 0 saturated heterocycles. The average molecular weight is 258 g/mol. The first-order valence-electron chi connectivity index (χ1n) is 6.32. The third kappa shape index (κ3) is 2.22. The number of para-hydroxylation sites is 1. The normalized spacial score (nSPS) is 18.8. The van der Waals surface area contributed by atoms with Crippen LogP contribution in [0.5, 0.6) is 5.75 Å². The van der Waals surface area contributed by atoms with E-state index >= 15 is 0 Å². The second-order valence-electron chi connectivity index (χ2n) is 4.96. The van der Waals surface area contributed by atoms with Crippen LogP contribution < -0.4 is 4.74 Å². The van der Waals surface area contributed by atoms with E-state index < -0.39 is 6.10 Å². The first kappa shape index (κ1) is 12.2. The molecule has 2 nitrogen and oxygen atoms in total. The Balaban J connectivity index is 1.95. The Morgan fingerprint density at radius 3 is 2.84 bits per heavy atom. The predicted octanol–water partition coefficient (Wildman–Crippen LogP) is 3.34. The molecule has 0 saturated carbocycles. The summed E-state index contributed by atoms with van der Waals surface area (Å²) >= 11 is 0. The van der Waals surface area contributed by atoms with Gasteiger partial charge in [0, 0.05) is 5.56 Å². The maximum atomic E-state index is 13.4. The van der Waals surface area contributed by atoms with Gasteiger partial charge in [-0.2, -0.15) is 0 Å². The zero-order valence-corrected chi connectivity index (χ0v) is 10.6. The molecule has 1 aliphatic heterocycles. The first-order valence-corrected chi connectivity index (χ1v) is 6.32. The van der Waals surface area contributed by atoms with E-state index in [0.29, 0.717) is 12.2 Å². The number of aliphatic hydroxyl groups is 1. The van der Waals surface area contributed by atoms with Crippen LogP contribution in [0, 0.1) is 12.7 Å². The first-order chi connectivity index (χ1) is 9.15. The largest absolute Gasteiger partial charge is 0.493 e. The molecule has 0 aliphatic carbocycles. The van der Waals surface area contributed by atoms with E-state index in [4.69, 9.17) is 4.74 Å². The lowest BCUT2D eigenvalue weighted by molar-refractivity contribution is 0.129. The number of aliphatic hydroxyl groups excluding tert-OH is 1. The van der Waals surface area contributed by atoms with Crippen molar-refractivity contribution in [1.29, 1.82) is 0 Å². The van der Waals surface area contributed by atoms with Crippen molar-refractivity contribution in [2.24, 2.45) is 0 Å². The highest BCUT2D eigenvalue weighted by Gasteiger charge is 2.31. The molecule has 2 aromatic carbocycles. The lowest BCUT2D eigenvalue weighted by Gasteiger charge is -2.18. The molecule has 98 valence electrons. The molecule has 3 heteroatoms. The fourth-order valence-electron chi connectivity index (χ4n) is 2.62. The fourth-order valence-corrected chi connectivity index (χ4v) is 2.62. The van der Waals surface area contributed by atoms with Gasteiger partial charge in [0.2, 0.25) is 0 Å². The summed E-state index contributed by atoms with van der Waals surface area (Å²) < 4.78 is 19.0. The molecule has 0 amide bonds. The quantitative estimate of drug-likeness (QED) is 0.895. The van der Waals surface area contributed by atoms with E-state index in [-0.39, 0.29) is 11.7 Å². The predicted molar refractivity (Wildman–Crippen MR) is 70.8 cm³/mol. The Kier molecular flexibility index (Phi) is 2.99. The van der Waals surface area contributed by atoms with Crippen molar-refractivity contribution in [2.45, 2.75) is 18.9 Å². The number of aryl methyl sites for hydroxylation is 1. The summed E-state index contributed by atoms with van der Waals surface area (Å²) in [6, 6.07) is 12.3. The molecule has 0 bridgehead atoms. The molecule has 1 heterocycles. The monoisotopic (exact) mass is 258 g/mol. The number of benzene rings is 2. The van der Waals surface area contributed by atoms with Crippen LogP contribution in [-0.2, 0) is 0 Å². The topological polar surface area (TPSA) is 29.5 Å². The van der Waals surface area contributed by atoms with Crippen LogP contribution in [0.3, 0.4) is 0 Å². The van der Waals surface area contributed by atoms with Crippen molar-refractivity contribution in [3.8, 4) is 5.75 Å². The summed E-state index contributed by atoms with van der Waals surface area (Å²) in [5.74, 6) is 0.346. The van der Waals surface area contributed by atoms with Gasteiger partial charge >= 0.3 is 0 Å². The number of fused-ring (bicyclic) bond motifs is 1. The molecular formula is C16H15FO2. The summed E-state index contributed by atoms with van der Waals surface area (Å²) in [4.78, 5) is 0. The molecule has 1 aliphatic rings. The summed E-state index contributed by atoms with van der Waals surface area (Å²) in [5.41, 5.74) is 2.39. The molecule has 19 heavy (non-hydrogen) atoms. The number of hydrogen-bond acceptors (Lipinski definition) is 2. The summed E-state index contributed by atoms with van der Waals surface area (Å²) in [6.45, 7) is 2.24. The summed E-state index contributed by atoms with van der Waals surface area (Å²) in [7, 11) is 0. The molecule has 3 rings (SSSR count). The summed E-state index contributed by atoms with van der Waals surface area (Å²) in [5, 5.41) is 10.5. The van der Waals surface area contributed by atoms with Crippen LogP contribution in [0.4, 0.5) is 4.39 Å². The van der Waals surface area contributed by atoms with Crippen LogP contribution in [0.2, 0.25) is 0 Å². The van der Waals surface area contributed by atoms with Crippen molar-refractivity contribution >= 4 is 0 Å². The zero-order valence-electron chi connectivity index (χ0n) is 10.6. The Morgan fingerprint density at radius 2 is 2.05 bits per heavy atom. The van der Waals surface area contributed by atoms with Gasteiger partial charge in [-0.25, -0.2) is 4.39 Å². The molecule has 1 N–H and O–H groups in total. The number of ether oxygens (including phenoxy) is 1. The Morgan fingerprint density at radius 1 is 1.26 bits per heavy atom. The smallest absolute Gasteiger partial charge is 0.123 e. The van der Waals surface area contributed by atoms with Crippen molar-refractivity contribution < 1.29 is 14.2 Å². The lowest BCUT2D eigenvalue weighted by Crippen LogP contribution is -2.12. The molecule has 0 aromatic heterocycles. The van der Waals surface area contributed by atoms with Gasteiger partial charge in [-0.3, -0.25) is 0 Å². The maximum Gasteiger partial charge on any atom is 0.123 e. The lowest BCUT2D eigenvalue weighted by atomic mass is 9.90. The second kappa shape index (κ2) is 4.67. The van der Waals surface area contributed by atoms with Gasteiger partial charge < -0.3 is 9.84 Å². The van der Waals surface area contributed by atoms with E-state index in [2.05, 4.69) is 0 Å². The maximum absolute atomic E-state index is 13.4. The minimum Gasteiger partial charge on any atom is -0.493 e. The minimum atomic E-state index is -0.752. The second-order valence-corrected chi connectivity index (χ2v) is 4.96. The number of halogens is 1. The van der Waals surface area contributed by atoms with Crippen molar-refractivity contribution in [2.75, 3.05) is 6.61 Å². The molecule has 0 spiro atoms. The third-order valence-corrected chi connectivity index (χ3v) is 3.52. The van der Waals surface area contributed by atoms with E-state index in [1.54, 1.807) is 0 Å². The molecule has 0 radical (unpaired) electrons. The molecule has 2 unspecified atom stereocenters. The van der Waals surface area contributed by atoms with Crippen LogP contribution in [0.25, 0.3) is 0 Å². The Bertz CT molecular complexity index is 589. The van der Waals surface area contributed by atoms with Gasteiger partial charge in [0.1, 0.15) is 11.6 Å². The van der Waals surface area contributed by atoms with E-state index in [1.165, 1.54) is 12.1 Å². The van der Waals surface area contributed by atoms with E-state index in [9.17, 15) is 9.50 Å². The van der Waals surface area contributed by atoms with Gasteiger partial charge in [0.05, 0.1) is 18.6 Å². The van der Waals surface area contributed by atoms with Gasteiger partial charge in [0.25, 0.3) is 0 Å². The van der Waals surface area contributed by atoms with Crippen LogP contribution in [-0.4, -0.2) is 11.7 Å². The molecule has 2 atom stereocenters. The van der Waals surface area contributed by atoms with E-state index in [0.717, 1.165) is 16.9 Å². The highest BCUT2D eigenvalue weighted by Crippen LogP contribution is 2.41. The van der Waals surface area contributed by atoms with Gasteiger partial charge in [-0.05, 0) is 36.2 Å². The molecular weight excluding hydrogens is 243 g/mol. The molecule has 2 aromatic rings. The highest BCUT2D eigenvalue weighted by atomic mass is 19.1.